The quantitative estimate of drug-likeness (QED) is 0.503. The van der Waals surface area contributed by atoms with Gasteiger partial charge in [-0.15, -0.1) is 0 Å². The Balaban J connectivity index is 1.28. The van der Waals surface area contributed by atoms with Crippen LogP contribution in [0.25, 0.3) is 0 Å². The zero-order valence-electron chi connectivity index (χ0n) is 20.5. The number of sulfonamides is 1. The number of fused-ring (bicyclic) bond motifs is 1. The average Bonchev–Trinajstić information content (AvgIpc) is 3.36. The first kappa shape index (κ1) is 26.4. The Kier molecular flexibility index (Phi) is 7.30. The summed E-state index contributed by atoms with van der Waals surface area (Å²) in [6.07, 6.45) is -4.16. The van der Waals surface area contributed by atoms with Crippen LogP contribution in [0.4, 0.5) is 13.2 Å². The zero-order chi connectivity index (χ0) is 26.9. The molecule has 0 aromatic heterocycles. The van der Waals surface area contributed by atoms with Crippen LogP contribution in [-0.4, -0.2) is 55.8 Å². The molecular weight excluding hydrogens is 515 g/mol. The third kappa shape index (κ3) is 5.48. The molecule has 0 unspecified atom stereocenters. The highest BCUT2D eigenvalue weighted by Crippen LogP contribution is 2.33. The van der Waals surface area contributed by atoms with E-state index in [-0.39, 0.29) is 41.9 Å². The van der Waals surface area contributed by atoms with Crippen molar-refractivity contribution in [2.45, 2.75) is 29.6 Å². The lowest BCUT2D eigenvalue weighted by molar-refractivity contribution is -0.137. The van der Waals surface area contributed by atoms with Gasteiger partial charge in [-0.3, -0.25) is 9.69 Å². The van der Waals surface area contributed by atoms with Gasteiger partial charge in [0.15, 0.2) is 0 Å². The summed E-state index contributed by atoms with van der Waals surface area (Å²) in [7, 11) is -4.11. The van der Waals surface area contributed by atoms with Crippen molar-refractivity contribution in [3.63, 3.8) is 0 Å². The molecule has 0 spiro atoms. The Bertz CT molecular complexity index is 1340. The van der Waals surface area contributed by atoms with Crippen LogP contribution in [0.15, 0.2) is 89.8 Å². The van der Waals surface area contributed by atoms with Crippen LogP contribution in [0.3, 0.4) is 0 Å². The summed E-state index contributed by atoms with van der Waals surface area (Å²) in [5, 5.41) is 3.18. The first-order valence-electron chi connectivity index (χ1n) is 12.4. The Hall–Kier alpha value is -3.21. The van der Waals surface area contributed by atoms with Crippen molar-refractivity contribution in [2.75, 3.05) is 26.2 Å². The fourth-order valence-corrected chi connectivity index (χ4v) is 6.83. The molecule has 200 valence electrons. The van der Waals surface area contributed by atoms with E-state index in [1.165, 1.54) is 10.4 Å². The second-order valence-corrected chi connectivity index (χ2v) is 11.7. The first-order valence-corrected chi connectivity index (χ1v) is 13.9. The molecule has 0 radical (unpaired) electrons. The molecule has 2 saturated heterocycles. The maximum Gasteiger partial charge on any atom is 0.416 e. The molecule has 3 aromatic carbocycles. The number of nitrogens with zero attached hydrogens (tertiary/aromatic N) is 2. The van der Waals surface area contributed by atoms with Gasteiger partial charge in [0.25, 0.3) is 0 Å². The van der Waals surface area contributed by atoms with Gasteiger partial charge in [0.1, 0.15) is 0 Å². The third-order valence-corrected chi connectivity index (χ3v) is 9.16. The van der Waals surface area contributed by atoms with Crippen molar-refractivity contribution in [3.8, 4) is 0 Å². The Labute approximate surface area is 220 Å². The smallest absolute Gasteiger partial charge is 0.345 e. The first-order chi connectivity index (χ1) is 18.1. The fraction of sp³-hybridized carbons (Fsp3) is 0.321. The molecule has 2 heterocycles. The van der Waals surface area contributed by atoms with Gasteiger partial charge in [-0.2, -0.15) is 17.5 Å². The van der Waals surface area contributed by atoms with Crippen LogP contribution in [0.1, 0.15) is 29.2 Å². The molecule has 2 atom stereocenters. The zero-order valence-corrected chi connectivity index (χ0v) is 21.3. The number of halogens is 3. The highest BCUT2D eigenvalue weighted by Gasteiger charge is 2.43. The lowest BCUT2D eigenvalue weighted by atomic mass is 9.97. The second kappa shape index (κ2) is 10.5. The van der Waals surface area contributed by atoms with Crippen LogP contribution < -0.4 is 5.32 Å². The van der Waals surface area contributed by atoms with Crippen LogP contribution in [-0.2, 0) is 21.0 Å². The number of carbonyl (C=O) groups excluding carboxylic acids is 1. The number of carbonyl (C=O) groups is 1. The van der Waals surface area contributed by atoms with Gasteiger partial charge < -0.3 is 5.32 Å². The molecular formula is C28H28F3N3O3S. The molecule has 38 heavy (non-hydrogen) atoms. The van der Waals surface area contributed by atoms with Crippen LogP contribution >= 0.6 is 0 Å². The summed E-state index contributed by atoms with van der Waals surface area (Å²) in [6.45, 7) is 1.20. The minimum atomic E-state index is -4.63. The van der Waals surface area contributed by atoms with E-state index in [1.807, 2.05) is 60.7 Å². The van der Waals surface area contributed by atoms with E-state index in [4.69, 9.17) is 0 Å². The lowest BCUT2D eigenvalue weighted by Crippen LogP contribution is -2.51. The third-order valence-electron chi connectivity index (χ3n) is 7.30. The summed E-state index contributed by atoms with van der Waals surface area (Å²) in [6, 6.07) is 22.7. The molecule has 10 heteroatoms. The van der Waals surface area contributed by atoms with Crippen LogP contribution in [0, 0.1) is 5.92 Å². The van der Waals surface area contributed by atoms with Gasteiger partial charge in [-0.05, 0) is 35.7 Å². The summed E-state index contributed by atoms with van der Waals surface area (Å²) >= 11 is 0. The monoisotopic (exact) mass is 543 g/mol. The molecule has 0 saturated carbocycles. The Morgan fingerprint density at radius 2 is 1.50 bits per heavy atom. The minimum Gasteiger partial charge on any atom is -0.345 e. The number of hydrogen-bond acceptors (Lipinski definition) is 4. The molecule has 1 N–H and O–H groups in total. The van der Waals surface area contributed by atoms with Gasteiger partial charge in [0.2, 0.25) is 15.9 Å². The summed E-state index contributed by atoms with van der Waals surface area (Å²) in [5.74, 6) is -0.435. The number of piperazine rings is 1. The molecule has 1 amide bonds. The van der Waals surface area contributed by atoms with Crippen molar-refractivity contribution in [3.05, 3.63) is 102 Å². The second-order valence-electron chi connectivity index (χ2n) is 9.73. The molecule has 6 nitrogen and oxygen atoms in total. The summed E-state index contributed by atoms with van der Waals surface area (Å²) in [4.78, 5) is 15.1. The summed E-state index contributed by atoms with van der Waals surface area (Å²) < 4.78 is 67.1. The van der Waals surface area contributed by atoms with Gasteiger partial charge in [-0.25, -0.2) is 8.42 Å². The van der Waals surface area contributed by atoms with Crippen molar-refractivity contribution in [2.24, 2.45) is 5.92 Å². The van der Waals surface area contributed by atoms with E-state index in [1.54, 1.807) is 0 Å². The lowest BCUT2D eigenvalue weighted by Gasteiger charge is -2.36. The number of nitrogens with one attached hydrogen (secondary N) is 1. The summed E-state index contributed by atoms with van der Waals surface area (Å²) in [5.41, 5.74) is 0.920. The molecule has 5 rings (SSSR count). The van der Waals surface area contributed by atoms with E-state index in [9.17, 15) is 26.4 Å². The topological polar surface area (TPSA) is 69.7 Å². The largest absolute Gasteiger partial charge is 0.416 e. The molecule has 0 bridgehead atoms. The van der Waals surface area contributed by atoms with E-state index < -0.39 is 21.8 Å². The van der Waals surface area contributed by atoms with E-state index >= 15 is 0 Å². The van der Waals surface area contributed by atoms with Gasteiger partial charge in [0.05, 0.1) is 22.4 Å². The molecule has 2 aliphatic rings. The van der Waals surface area contributed by atoms with Gasteiger partial charge in [-0.1, -0.05) is 66.7 Å². The van der Waals surface area contributed by atoms with Crippen molar-refractivity contribution >= 4 is 15.9 Å². The number of hydrogen-bond donors (Lipinski definition) is 1. The molecule has 0 aliphatic carbocycles. The number of rotatable bonds is 6. The van der Waals surface area contributed by atoms with E-state index in [0.29, 0.717) is 25.6 Å². The van der Waals surface area contributed by atoms with Crippen LogP contribution in [0.2, 0.25) is 0 Å². The maximum atomic E-state index is 13.4. The highest BCUT2D eigenvalue weighted by molar-refractivity contribution is 7.89. The number of amides is 1. The fourth-order valence-electron chi connectivity index (χ4n) is 5.31. The molecule has 3 aromatic rings. The van der Waals surface area contributed by atoms with Gasteiger partial charge >= 0.3 is 6.18 Å². The predicted molar refractivity (Wildman–Crippen MR) is 137 cm³/mol. The number of benzene rings is 3. The normalized spacial score (nSPS) is 20.8. The maximum absolute atomic E-state index is 13.4. The Morgan fingerprint density at radius 3 is 2.11 bits per heavy atom. The average molecular weight is 544 g/mol. The van der Waals surface area contributed by atoms with Crippen molar-refractivity contribution < 1.29 is 26.4 Å². The Morgan fingerprint density at radius 1 is 0.868 bits per heavy atom. The van der Waals surface area contributed by atoms with Crippen molar-refractivity contribution in [1.82, 2.24) is 14.5 Å². The predicted octanol–water partition coefficient (Wildman–Crippen LogP) is 4.31. The van der Waals surface area contributed by atoms with Crippen molar-refractivity contribution in [1.29, 1.82) is 0 Å². The van der Waals surface area contributed by atoms with Crippen LogP contribution in [0.5, 0.6) is 0 Å². The molecule has 2 fully saturated rings. The van der Waals surface area contributed by atoms with E-state index in [2.05, 4.69) is 10.2 Å². The number of alkyl halides is 3. The van der Waals surface area contributed by atoms with Gasteiger partial charge in [0, 0.05) is 32.2 Å². The standard InChI is InChI=1S/C28H28F3N3O3S/c29-28(30,31)23-12-7-13-25(17-23)38(36,37)34-15-14-33-18-22(16-24(33)19-34)27(35)32-26(20-8-3-1-4-9-20)21-10-5-2-6-11-21/h1-13,17,22,24,26H,14-16,18-19H2,(H,32,35)/t22-,24-/m0/s1. The van der Waals surface area contributed by atoms with E-state index in [0.717, 1.165) is 23.3 Å². The highest BCUT2D eigenvalue weighted by atomic mass is 32.2. The molecule has 2 aliphatic heterocycles. The SMILES string of the molecule is O=C(NC(c1ccccc1)c1ccccc1)[C@H]1C[C@H]2CN(S(=O)(=O)c3cccc(C(F)(F)F)c3)CCN2C1. The minimum absolute atomic E-state index is 0.107.